The zero-order valence-corrected chi connectivity index (χ0v) is 24.0. The Morgan fingerprint density at radius 3 is 2.15 bits per heavy atom. The maximum Gasteiger partial charge on any atom is 0.303 e. The van der Waals surface area contributed by atoms with Crippen LogP contribution in [0.4, 0.5) is 8.78 Å². The molecule has 0 aliphatic carbocycles. The molecule has 2 heterocycles. The number of benzene rings is 2. The van der Waals surface area contributed by atoms with E-state index in [9.17, 15) is 23.2 Å². The van der Waals surface area contributed by atoms with Crippen LogP contribution in [0.5, 0.6) is 17.2 Å². The normalized spacial score (nSPS) is 11.6. The van der Waals surface area contributed by atoms with Crippen LogP contribution in [-0.2, 0) is 21.9 Å². The number of carboxylic acids is 2. The SMILES string of the molecule is COc1cc2cc(C(=O)CCC(=O)O)sc2cc1CCCOc1cc2cc(C(F)(F)CCC(=O)O)sc2cc1OC. The summed E-state index contributed by atoms with van der Waals surface area (Å²) in [4.78, 5) is 34.2. The number of aliphatic carboxylic acids is 2. The summed E-state index contributed by atoms with van der Waals surface area (Å²) in [5, 5.41) is 19.0. The highest BCUT2D eigenvalue weighted by Gasteiger charge is 2.34. The number of hydrogen-bond acceptors (Lipinski definition) is 8. The average molecular weight is 607 g/mol. The fraction of sp³-hybridized carbons (Fsp3) is 0.345. The minimum Gasteiger partial charge on any atom is -0.496 e. The number of carbonyl (C=O) groups is 3. The minimum atomic E-state index is -3.26. The lowest BCUT2D eigenvalue weighted by molar-refractivity contribution is -0.139. The molecule has 0 spiro atoms. The average Bonchev–Trinajstić information content (AvgIpc) is 3.55. The number of fused-ring (bicyclic) bond motifs is 2. The van der Waals surface area contributed by atoms with Crippen molar-refractivity contribution in [1.29, 1.82) is 0 Å². The van der Waals surface area contributed by atoms with Gasteiger partial charge in [-0.15, -0.1) is 22.7 Å². The van der Waals surface area contributed by atoms with Gasteiger partial charge in [-0.2, -0.15) is 0 Å². The van der Waals surface area contributed by atoms with Gasteiger partial charge in [-0.05, 0) is 59.5 Å². The van der Waals surface area contributed by atoms with Crippen molar-refractivity contribution in [2.24, 2.45) is 0 Å². The van der Waals surface area contributed by atoms with Crippen LogP contribution < -0.4 is 14.2 Å². The number of ether oxygens (including phenoxy) is 3. The van der Waals surface area contributed by atoms with E-state index in [1.165, 1.54) is 24.5 Å². The van der Waals surface area contributed by atoms with Crippen LogP contribution in [0.2, 0.25) is 0 Å². The molecule has 4 rings (SSSR count). The Hall–Kier alpha value is -3.77. The van der Waals surface area contributed by atoms with Crippen LogP contribution in [0.25, 0.3) is 20.2 Å². The molecule has 0 aliphatic heterocycles. The second kappa shape index (κ2) is 12.8. The Labute approximate surface area is 242 Å². The van der Waals surface area contributed by atoms with E-state index in [1.807, 2.05) is 12.1 Å². The number of halogens is 2. The Balaban J connectivity index is 1.44. The summed E-state index contributed by atoms with van der Waals surface area (Å²) in [5.74, 6) is -4.29. The van der Waals surface area contributed by atoms with E-state index >= 15 is 0 Å². The molecular weight excluding hydrogens is 578 g/mol. The van der Waals surface area contributed by atoms with Crippen molar-refractivity contribution in [3.63, 3.8) is 0 Å². The van der Waals surface area contributed by atoms with Gasteiger partial charge in [0.25, 0.3) is 5.92 Å². The van der Waals surface area contributed by atoms with Crippen molar-refractivity contribution in [2.45, 2.75) is 44.4 Å². The van der Waals surface area contributed by atoms with E-state index in [-0.39, 0.29) is 23.5 Å². The second-order valence-corrected chi connectivity index (χ2v) is 11.5. The van der Waals surface area contributed by atoms with E-state index < -0.39 is 30.7 Å². The summed E-state index contributed by atoms with van der Waals surface area (Å²) in [5.41, 5.74) is 0.920. The lowest BCUT2D eigenvalue weighted by Crippen LogP contribution is -2.13. The van der Waals surface area contributed by atoms with Gasteiger partial charge in [0.05, 0.1) is 43.4 Å². The van der Waals surface area contributed by atoms with Crippen molar-refractivity contribution >= 4 is 60.6 Å². The summed E-state index contributed by atoms with van der Waals surface area (Å²) in [7, 11) is 3.03. The molecule has 12 heteroatoms. The molecule has 0 atom stereocenters. The number of aryl methyl sites for hydroxylation is 1. The summed E-state index contributed by atoms with van der Waals surface area (Å²) < 4.78 is 47.5. The van der Waals surface area contributed by atoms with Gasteiger partial charge in [0.2, 0.25) is 0 Å². The molecule has 8 nitrogen and oxygen atoms in total. The van der Waals surface area contributed by atoms with E-state index in [2.05, 4.69) is 0 Å². The summed E-state index contributed by atoms with van der Waals surface area (Å²) in [6.45, 7) is 0.304. The topological polar surface area (TPSA) is 119 Å². The summed E-state index contributed by atoms with van der Waals surface area (Å²) in [6, 6.07) is 10.2. The molecule has 0 saturated carbocycles. The first-order chi connectivity index (χ1) is 19.5. The van der Waals surface area contributed by atoms with Gasteiger partial charge in [-0.25, -0.2) is 8.78 Å². The molecule has 0 fully saturated rings. The highest BCUT2D eigenvalue weighted by molar-refractivity contribution is 7.20. The van der Waals surface area contributed by atoms with Crippen molar-refractivity contribution in [2.75, 3.05) is 20.8 Å². The summed E-state index contributed by atoms with van der Waals surface area (Å²) >= 11 is 2.21. The van der Waals surface area contributed by atoms with Crippen LogP contribution in [-0.4, -0.2) is 48.8 Å². The summed E-state index contributed by atoms with van der Waals surface area (Å²) in [6.07, 6.45) is -0.484. The molecule has 0 unspecified atom stereocenters. The molecule has 2 aromatic heterocycles. The van der Waals surface area contributed by atoms with Crippen LogP contribution in [0.3, 0.4) is 0 Å². The van der Waals surface area contributed by atoms with E-state index in [1.54, 1.807) is 25.3 Å². The molecule has 0 amide bonds. The van der Waals surface area contributed by atoms with E-state index in [4.69, 9.17) is 24.4 Å². The van der Waals surface area contributed by atoms with Gasteiger partial charge in [-0.3, -0.25) is 14.4 Å². The molecule has 2 aromatic carbocycles. The number of methoxy groups -OCH3 is 2. The third kappa shape index (κ3) is 7.31. The predicted octanol–water partition coefficient (Wildman–Crippen LogP) is 7.15. The van der Waals surface area contributed by atoms with E-state index in [0.29, 0.717) is 51.7 Å². The number of ketones is 1. The number of carbonyl (C=O) groups excluding carboxylic acids is 1. The van der Waals surface area contributed by atoms with Crippen LogP contribution in [0.1, 0.15) is 52.2 Å². The molecule has 41 heavy (non-hydrogen) atoms. The van der Waals surface area contributed by atoms with Crippen LogP contribution >= 0.6 is 22.7 Å². The fourth-order valence-electron chi connectivity index (χ4n) is 4.31. The largest absolute Gasteiger partial charge is 0.496 e. The number of alkyl halides is 2. The predicted molar refractivity (Wildman–Crippen MR) is 153 cm³/mol. The maximum absolute atomic E-state index is 14.5. The standard InChI is InChI=1S/C29H28F2O8S2/c1-37-20-10-17-13-25(19(32)5-6-27(33)34)40-23(17)12-16(20)4-3-9-39-22-11-18-14-26(29(30,31)8-7-28(35)36)41-24(18)15-21(22)38-2/h10-15H,3-9H2,1-2H3,(H,33,34)(H,35,36). The minimum absolute atomic E-state index is 0.0570. The van der Waals surface area contributed by atoms with Gasteiger partial charge in [-0.1, -0.05) is 0 Å². The van der Waals surface area contributed by atoms with Crippen LogP contribution in [0, 0.1) is 0 Å². The van der Waals surface area contributed by atoms with Crippen molar-refractivity contribution in [1.82, 2.24) is 0 Å². The number of carboxylic acid groups (broad SMARTS) is 2. The Morgan fingerprint density at radius 1 is 0.805 bits per heavy atom. The second-order valence-electron chi connectivity index (χ2n) is 9.33. The smallest absolute Gasteiger partial charge is 0.303 e. The first kappa shape index (κ1) is 30.2. The quantitative estimate of drug-likeness (QED) is 0.108. The van der Waals surface area contributed by atoms with E-state index in [0.717, 1.165) is 27.0 Å². The Kier molecular flexibility index (Phi) is 9.44. The lowest BCUT2D eigenvalue weighted by atomic mass is 10.1. The zero-order valence-electron chi connectivity index (χ0n) is 22.3. The lowest BCUT2D eigenvalue weighted by Gasteiger charge is -2.12. The third-order valence-electron chi connectivity index (χ3n) is 6.42. The van der Waals surface area contributed by atoms with Crippen molar-refractivity contribution in [3.05, 3.63) is 51.7 Å². The third-order valence-corrected chi connectivity index (χ3v) is 8.77. The highest BCUT2D eigenvalue weighted by Crippen LogP contribution is 2.43. The van der Waals surface area contributed by atoms with Crippen molar-refractivity contribution < 1.29 is 47.6 Å². The van der Waals surface area contributed by atoms with Gasteiger partial charge in [0.15, 0.2) is 17.3 Å². The van der Waals surface area contributed by atoms with Crippen molar-refractivity contribution in [3.8, 4) is 17.2 Å². The Morgan fingerprint density at radius 2 is 1.46 bits per heavy atom. The monoisotopic (exact) mass is 606 g/mol. The molecule has 0 aliphatic rings. The number of hydrogen-bond donors (Lipinski definition) is 2. The fourth-order valence-corrected chi connectivity index (χ4v) is 6.46. The molecule has 0 radical (unpaired) electrons. The molecular formula is C29H28F2O8S2. The van der Waals surface area contributed by atoms with Gasteiger partial charge >= 0.3 is 11.9 Å². The Bertz CT molecular complexity index is 1590. The van der Waals surface area contributed by atoms with Gasteiger partial charge in [0.1, 0.15) is 5.75 Å². The number of rotatable bonds is 15. The van der Waals surface area contributed by atoms with Gasteiger partial charge in [0, 0.05) is 28.3 Å². The molecule has 4 aromatic rings. The first-order valence-electron chi connectivity index (χ1n) is 12.7. The number of Topliss-reactive ketones (excluding diaryl/α,β-unsaturated/α-hetero) is 1. The zero-order chi connectivity index (χ0) is 29.7. The number of thiophene rings is 2. The molecule has 0 bridgehead atoms. The molecule has 0 saturated heterocycles. The molecule has 2 N–H and O–H groups in total. The van der Waals surface area contributed by atoms with Crippen LogP contribution in [0.15, 0.2) is 36.4 Å². The maximum atomic E-state index is 14.5. The van der Waals surface area contributed by atoms with Gasteiger partial charge < -0.3 is 24.4 Å². The highest BCUT2D eigenvalue weighted by atomic mass is 32.1. The molecule has 218 valence electrons. The first-order valence-corrected chi connectivity index (χ1v) is 14.3.